The zero-order valence-corrected chi connectivity index (χ0v) is 11.1. The first-order valence-electron chi connectivity index (χ1n) is 4.39. The van der Waals surface area contributed by atoms with E-state index in [4.69, 9.17) is 0 Å². The van der Waals surface area contributed by atoms with Gasteiger partial charge in [0.15, 0.2) is 5.84 Å². The van der Waals surface area contributed by atoms with Gasteiger partial charge >= 0.3 is 0 Å². The van der Waals surface area contributed by atoms with Crippen molar-refractivity contribution in [2.75, 3.05) is 21.1 Å². The summed E-state index contributed by atoms with van der Waals surface area (Å²) in [6, 6.07) is 0. The number of aliphatic imine (C=N–C) groups is 1. The summed E-state index contributed by atoms with van der Waals surface area (Å²) in [5.41, 5.74) is 0.732. The first-order chi connectivity index (χ1) is 6.93. The molecule has 0 spiro atoms. The van der Waals surface area contributed by atoms with Crippen LogP contribution in [0.25, 0.3) is 0 Å². The fourth-order valence-corrected chi connectivity index (χ4v) is 1.22. The Balaban J connectivity index is 5.24. The highest BCUT2D eigenvalue weighted by Gasteiger charge is 2.12. The number of nitrogens with zero attached hydrogens (tertiary/aromatic N) is 3. The molecule has 0 aromatic rings. The van der Waals surface area contributed by atoms with Crippen LogP contribution in [0.3, 0.4) is 0 Å². The minimum absolute atomic E-state index is 0.518. The molecule has 0 saturated heterocycles. The lowest BCUT2D eigenvalue weighted by molar-refractivity contribution is -0.115. The predicted octanol–water partition coefficient (Wildman–Crippen LogP) is 1.80. The molecule has 5 heteroatoms. The number of allylic oxidation sites excluding steroid dienone is 1. The number of rotatable bonds is 4. The standard InChI is InChI=1S/C10H16BrN3O/c1-6-9(14(5)7-15)10(13(3)4)12-8(2)11/h6-7H,2H2,1,3-5H3. The maximum atomic E-state index is 10.7. The molecule has 4 nitrogen and oxygen atoms in total. The monoisotopic (exact) mass is 273 g/mol. The van der Waals surface area contributed by atoms with Crippen LogP contribution in [0.1, 0.15) is 6.92 Å². The van der Waals surface area contributed by atoms with Crippen LogP contribution in [0, 0.1) is 0 Å². The number of amidine groups is 1. The van der Waals surface area contributed by atoms with Crippen molar-refractivity contribution >= 4 is 28.2 Å². The van der Waals surface area contributed by atoms with E-state index in [2.05, 4.69) is 27.5 Å². The number of carbonyl (C=O) groups is 1. The number of amides is 1. The minimum Gasteiger partial charge on any atom is -0.361 e. The Morgan fingerprint density at radius 2 is 1.93 bits per heavy atom. The Hall–Kier alpha value is -1.10. The summed E-state index contributed by atoms with van der Waals surface area (Å²) in [4.78, 5) is 18.2. The summed E-state index contributed by atoms with van der Waals surface area (Å²) in [6.07, 6.45) is 2.56. The van der Waals surface area contributed by atoms with Gasteiger partial charge in [0.05, 0.1) is 5.70 Å². The van der Waals surface area contributed by atoms with Crippen LogP contribution in [0.4, 0.5) is 0 Å². The molecule has 0 aromatic heterocycles. The van der Waals surface area contributed by atoms with E-state index in [9.17, 15) is 4.79 Å². The zero-order valence-electron chi connectivity index (χ0n) is 9.49. The highest BCUT2D eigenvalue weighted by Crippen LogP contribution is 2.10. The number of hydrogen-bond donors (Lipinski definition) is 0. The van der Waals surface area contributed by atoms with Gasteiger partial charge in [-0.05, 0) is 22.9 Å². The van der Waals surface area contributed by atoms with Crippen LogP contribution in [0.2, 0.25) is 0 Å². The molecule has 0 bridgehead atoms. The third-order valence-electron chi connectivity index (χ3n) is 1.69. The molecule has 0 aliphatic carbocycles. The SMILES string of the molecule is C=C(Br)N=C(C(=CC)N(C)C=O)N(C)C. The van der Waals surface area contributed by atoms with Gasteiger partial charge in [-0.25, -0.2) is 4.99 Å². The smallest absolute Gasteiger partial charge is 0.213 e. The van der Waals surface area contributed by atoms with Gasteiger partial charge in [-0.2, -0.15) is 0 Å². The molecule has 15 heavy (non-hydrogen) atoms. The molecule has 0 aliphatic heterocycles. The van der Waals surface area contributed by atoms with E-state index in [0.717, 1.165) is 12.1 Å². The van der Waals surface area contributed by atoms with Crippen molar-refractivity contribution in [2.24, 2.45) is 4.99 Å². The van der Waals surface area contributed by atoms with Gasteiger partial charge in [-0.3, -0.25) is 4.79 Å². The van der Waals surface area contributed by atoms with E-state index >= 15 is 0 Å². The maximum absolute atomic E-state index is 10.7. The van der Waals surface area contributed by atoms with Crippen LogP contribution in [0.5, 0.6) is 0 Å². The molecule has 84 valence electrons. The van der Waals surface area contributed by atoms with Crippen molar-refractivity contribution in [3.63, 3.8) is 0 Å². The summed E-state index contributed by atoms with van der Waals surface area (Å²) in [5, 5.41) is 0. The van der Waals surface area contributed by atoms with Gasteiger partial charge in [0.2, 0.25) is 6.41 Å². The first-order valence-corrected chi connectivity index (χ1v) is 5.18. The molecule has 0 radical (unpaired) electrons. The molecule has 0 atom stereocenters. The van der Waals surface area contributed by atoms with E-state index in [1.165, 1.54) is 4.90 Å². The summed E-state index contributed by atoms with van der Waals surface area (Å²) >= 11 is 3.17. The number of hydrogen-bond acceptors (Lipinski definition) is 2. The molecular weight excluding hydrogens is 258 g/mol. The Morgan fingerprint density at radius 3 is 2.20 bits per heavy atom. The van der Waals surface area contributed by atoms with Crippen molar-refractivity contribution in [3.05, 3.63) is 23.0 Å². The second kappa shape index (κ2) is 6.40. The van der Waals surface area contributed by atoms with Crippen molar-refractivity contribution in [1.29, 1.82) is 0 Å². The van der Waals surface area contributed by atoms with Crippen LogP contribution < -0.4 is 0 Å². The fraction of sp³-hybridized carbons (Fsp3) is 0.400. The average Bonchev–Trinajstić information content (AvgIpc) is 2.16. The fourth-order valence-electron chi connectivity index (χ4n) is 1.05. The lowest BCUT2D eigenvalue weighted by atomic mass is 10.3. The topological polar surface area (TPSA) is 35.9 Å². The molecular formula is C10H16BrN3O. The molecule has 0 rings (SSSR count). The second-order valence-electron chi connectivity index (χ2n) is 3.10. The molecule has 1 amide bonds. The second-order valence-corrected chi connectivity index (χ2v) is 4.01. The van der Waals surface area contributed by atoms with E-state index in [1.807, 2.05) is 32.0 Å². The molecule has 0 heterocycles. The lowest BCUT2D eigenvalue weighted by Gasteiger charge is -2.22. The Morgan fingerprint density at radius 1 is 1.40 bits per heavy atom. The average molecular weight is 274 g/mol. The van der Waals surface area contributed by atoms with Crippen LogP contribution >= 0.6 is 15.9 Å². The van der Waals surface area contributed by atoms with Gasteiger partial charge in [0.1, 0.15) is 4.61 Å². The van der Waals surface area contributed by atoms with Gasteiger partial charge in [-0.1, -0.05) is 12.7 Å². The molecule has 0 fully saturated rings. The minimum atomic E-state index is 0.518. The summed E-state index contributed by atoms with van der Waals surface area (Å²) in [5.74, 6) is 0.675. The Bertz CT molecular complexity index is 308. The van der Waals surface area contributed by atoms with Crippen molar-refractivity contribution < 1.29 is 4.79 Å². The van der Waals surface area contributed by atoms with E-state index in [1.54, 1.807) is 7.05 Å². The largest absolute Gasteiger partial charge is 0.361 e. The number of likely N-dealkylation sites (N-methyl/N-ethyl adjacent to an activating group) is 2. The van der Waals surface area contributed by atoms with Gasteiger partial charge in [0, 0.05) is 21.1 Å². The van der Waals surface area contributed by atoms with Gasteiger partial charge in [-0.15, -0.1) is 0 Å². The number of carbonyl (C=O) groups excluding carboxylic acids is 1. The maximum Gasteiger partial charge on any atom is 0.213 e. The molecule has 0 saturated carbocycles. The summed E-state index contributed by atoms with van der Waals surface area (Å²) in [6.45, 7) is 5.50. The molecule has 0 unspecified atom stereocenters. The van der Waals surface area contributed by atoms with Gasteiger partial charge in [0.25, 0.3) is 0 Å². The summed E-state index contributed by atoms with van der Waals surface area (Å²) in [7, 11) is 5.40. The molecule has 0 aliphatic rings. The highest BCUT2D eigenvalue weighted by molar-refractivity contribution is 9.11. The van der Waals surface area contributed by atoms with E-state index in [0.29, 0.717) is 10.4 Å². The molecule has 0 aromatic carbocycles. The summed E-state index contributed by atoms with van der Waals surface area (Å²) < 4.78 is 0.518. The highest BCUT2D eigenvalue weighted by atomic mass is 79.9. The zero-order chi connectivity index (χ0) is 12.0. The molecule has 0 N–H and O–H groups in total. The van der Waals surface area contributed by atoms with E-state index in [-0.39, 0.29) is 0 Å². The first kappa shape index (κ1) is 13.9. The Kier molecular flexibility index (Phi) is 5.93. The quantitative estimate of drug-likeness (QED) is 0.339. The normalized spacial score (nSPS) is 12.3. The van der Waals surface area contributed by atoms with Crippen LogP contribution in [-0.2, 0) is 4.79 Å². The van der Waals surface area contributed by atoms with Crippen molar-refractivity contribution in [2.45, 2.75) is 6.92 Å². The van der Waals surface area contributed by atoms with Crippen LogP contribution in [0.15, 0.2) is 28.0 Å². The third kappa shape index (κ3) is 4.29. The Labute approximate surface area is 99.1 Å². The predicted molar refractivity (Wildman–Crippen MR) is 66.8 cm³/mol. The van der Waals surface area contributed by atoms with Crippen molar-refractivity contribution in [1.82, 2.24) is 9.80 Å². The van der Waals surface area contributed by atoms with Gasteiger partial charge < -0.3 is 9.80 Å². The van der Waals surface area contributed by atoms with Crippen LogP contribution in [-0.4, -0.2) is 43.2 Å². The van der Waals surface area contributed by atoms with Crippen molar-refractivity contribution in [3.8, 4) is 0 Å². The number of halogens is 1. The lowest BCUT2D eigenvalue weighted by Crippen LogP contribution is -2.31. The van der Waals surface area contributed by atoms with E-state index < -0.39 is 0 Å². The third-order valence-corrected chi connectivity index (χ3v) is 1.87.